The zero-order chi connectivity index (χ0) is 13.5. The van der Waals surface area contributed by atoms with Gasteiger partial charge in [0, 0.05) is 19.4 Å². The predicted octanol–water partition coefficient (Wildman–Crippen LogP) is 2.12. The summed E-state index contributed by atoms with van der Waals surface area (Å²) in [6.07, 6.45) is 1.10. The molecule has 0 aromatic heterocycles. The SMILES string of the molecule is COc1ccc(/C(=C/OC(C)=O)OC(C)=O)cc1. The largest absolute Gasteiger partial charge is 0.497 e. The van der Waals surface area contributed by atoms with Gasteiger partial charge in [-0.3, -0.25) is 9.59 Å². The van der Waals surface area contributed by atoms with Gasteiger partial charge in [-0.25, -0.2) is 0 Å². The van der Waals surface area contributed by atoms with E-state index in [2.05, 4.69) is 0 Å². The Balaban J connectivity index is 2.96. The van der Waals surface area contributed by atoms with Crippen molar-refractivity contribution in [3.8, 4) is 5.75 Å². The summed E-state index contributed by atoms with van der Waals surface area (Å²) in [4.78, 5) is 21.7. The summed E-state index contributed by atoms with van der Waals surface area (Å²) in [5.41, 5.74) is 0.604. The number of carbonyl (C=O) groups is 2. The first-order valence-corrected chi connectivity index (χ1v) is 5.23. The standard InChI is InChI=1S/C13H14O5/c1-9(14)17-8-13(18-10(2)15)11-4-6-12(16-3)7-5-11/h4-8H,1-3H3/b13-8-. The van der Waals surface area contributed by atoms with Crippen LogP contribution in [0.1, 0.15) is 19.4 Å². The number of rotatable bonds is 4. The van der Waals surface area contributed by atoms with Crippen LogP contribution < -0.4 is 4.74 Å². The summed E-state index contributed by atoms with van der Waals surface area (Å²) < 4.78 is 14.7. The fourth-order valence-electron chi connectivity index (χ4n) is 1.20. The maximum absolute atomic E-state index is 11.0. The Hall–Kier alpha value is -2.30. The summed E-state index contributed by atoms with van der Waals surface area (Å²) in [5, 5.41) is 0. The minimum atomic E-state index is -0.496. The third-order valence-electron chi connectivity index (χ3n) is 1.96. The summed E-state index contributed by atoms with van der Waals surface area (Å²) in [7, 11) is 1.55. The van der Waals surface area contributed by atoms with Crippen LogP contribution in [0.3, 0.4) is 0 Å². The molecule has 0 saturated carbocycles. The van der Waals surface area contributed by atoms with Gasteiger partial charge in [-0.2, -0.15) is 0 Å². The zero-order valence-corrected chi connectivity index (χ0v) is 10.4. The Labute approximate surface area is 105 Å². The number of ether oxygens (including phenoxy) is 3. The lowest BCUT2D eigenvalue weighted by atomic mass is 10.2. The molecule has 0 amide bonds. The Morgan fingerprint density at radius 2 is 1.67 bits per heavy atom. The molecule has 5 heteroatoms. The molecule has 0 saturated heterocycles. The quantitative estimate of drug-likeness (QED) is 0.605. The summed E-state index contributed by atoms with van der Waals surface area (Å²) in [5.74, 6) is -0.147. The first-order chi connectivity index (χ1) is 8.52. The van der Waals surface area contributed by atoms with Crippen LogP contribution in [0.2, 0.25) is 0 Å². The van der Waals surface area contributed by atoms with E-state index in [1.54, 1.807) is 31.4 Å². The van der Waals surface area contributed by atoms with Gasteiger partial charge in [-0.05, 0) is 24.3 Å². The van der Waals surface area contributed by atoms with Crippen molar-refractivity contribution in [1.82, 2.24) is 0 Å². The molecule has 0 heterocycles. The highest BCUT2D eigenvalue weighted by Crippen LogP contribution is 2.20. The molecule has 0 atom stereocenters. The van der Waals surface area contributed by atoms with Crippen LogP contribution in [0.25, 0.3) is 5.76 Å². The van der Waals surface area contributed by atoms with Crippen molar-refractivity contribution in [2.24, 2.45) is 0 Å². The van der Waals surface area contributed by atoms with Crippen molar-refractivity contribution in [1.29, 1.82) is 0 Å². The maximum atomic E-state index is 11.0. The van der Waals surface area contributed by atoms with Crippen molar-refractivity contribution in [2.75, 3.05) is 7.11 Å². The molecule has 96 valence electrons. The zero-order valence-electron chi connectivity index (χ0n) is 10.4. The number of carbonyl (C=O) groups excluding carboxylic acids is 2. The van der Waals surface area contributed by atoms with E-state index in [1.807, 2.05) is 0 Å². The molecule has 0 spiro atoms. The second-order valence-corrected chi connectivity index (χ2v) is 3.41. The Morgan fingerprint density at radius 3 is 2.11 bits per heavy atom. The summed E-state index contributed by atoms with van der Waals surface area (Å²) >= 11 is 0. The van der Waals surface area contributed by atoms with E-state index < -0.39 is 11.9 Å². The van der Waals surface area contributed by atoms with Gasteiger partial charge in [0.1, 0.15) is 12.0 Å². The molecule has 1 rings (SSSR count). The number of methoxy groups -OCH3 is 1. The van der Waals surface area contributed by atoms with Crippen LogP contribution in [-0.2, 0) is 19.1 Å². The van der Waals surface area contributed by atoms with Crippen LogP contribution in [0.5, 0.6) is 5.75 Å². The van der Waals surface area contributed by atoms with Crippen LogP contribution in [0, 0.1) is 0 Å². The average Bonchev–Trinajstić information content (AvgIpc) is 2.34. The van der Waals surface area contributed by atoms with E-state index in [0.717, 1.165) is 6.26 Å². The van der Waals surface area contributed by atoms with Crippen molar-refractivity contribution >= 4 is 17.7 Å². The second-order valence-electron chi connectivity index (χ2n) is 3.41. The number of benzene rings is 1. The third kappa shape index (κ3) is 4.29. The van der Waals surface area contributed by atoms with Gasteiger partial charge in [0.15, 0.2) is 5.76 Å². The lowest BCUT2D eigenvalue weighted by Crippen LogP contribution is -2.01. The molecule has 5 nitrogen and oxygen atoms in total. The molecule has 0 aliphatic rings. The normalized spacial score (nSPS) is 10.7. The molecule has 0 fully saturated rings. The lowest BCUT2D eigenvalue weighted by Gasteiger charge is -2.07. The molecule has 0 aliphatic carbocycles. The van der Waals surface area contributed by atoms with Gasteiger partial charge in [0.05, 0.1) is 7.11 Å². The van der Waals surface area contributed by atoms with E-state index >= 15 is 0 Å². The first-order valence-electron chi connectivity index (χ1n) is 5.23. The minimum Gasteiger partial charge on any atom is -0.497 e. The highest BCUT2D eigenvalue weighted by molar-refractivity contribution is 5.77. The monoisotopic (exact) mass is 250 g/mol. The molecule has 0 aliphatic heterocycles. The molecular weight excluding hydrogens is 236 g/mol. The predicted molar refractivity (Wildman–Crippen MR) is 64.5 cm³/mol. The number of hydrogen-bond acceptors (Lipinski definition) is 5. The van der Waals surface area contributed by atoms with Gasteiger partial charge in [0.2, 0.25) is 0 Å². The van der Waals surface area contributed by atoms with E-state index in [1.165, 1.54) is 13.8 Å². The van der Waals surface area contributed by atoms with Gasteiger partial charge in [-0.15, -0.1) is 0 Å². The molecule has 1 aromatic carbocycles. The highest BCUT2D eigenvalue weighted by atomic mass is 16.6. The van der Waals surface area contributed by atoms with Crippen LogP contribution in [-0.4, -0.2) is 19.0 Å². The topological polar surface area (TPSA) is 61.8 Å². The number of hydrogen-bond donors (Lipinski definition) is 0. The molecular formula is C13H14O5. The van der Waals surface area contributed by atoms with Crippen LogP contribution in [0.15, 0.2) is 30.5 Å². The van der Waals surface area contributed by atoms with Gasteiger partial charge < -0.3 is 14.2 Å². The smallest absolute Gasteiger partial charge is 0.308 e. The van der Waals surface area contributed by atoms with Crippen molar-refractivity contribution in [3.05, 3.63) is 36.1 Å². The van der Waals surface area contributed by atoms with Gasteiger partial charge in [-0.1, -0.05) is 0 Å². The van der Waals surface area contributed by atoms with Crippen molar-refractivity contribution in [3.63, 3.8) is 0 Å². The fourth-order valence-corrected chi connectivity index (χ4v) is 1.20. The maximum Gasteiger partial charge on any atom is 0.308 e. The second kappa shape index (κ2) is 6.44. The molecule has 18 heavy (non-hydrogen) atoms. The molecule has 1 aromatic rings. The Bertz CT molecular complexity index is 459. The summed E-state index contributed by atoms with van der Waals surface area (Å²) in [6, 6.07) is 6.80. The average molecular weight is 250 g/mol. The minimum absolute atomic E-state index is 0.167. The number of esters is 2. The molecule has 0 N–H and O–H groups in total. The van der Waals surface area contributed by atoms with Crippen molar-refractivity contribution < 1.29 is 23.8 Å². The van der Waals surface area contributed by atoms with E-state index in [-0.39, 0.29) is 5.76 Å². The highest BCUT2D eigenvalue weighted by Gasteiger charge is 2.07. The Kier molecular flexibility index (Phi) is 4.92. The molecule has 0 bridgehead atoms. The Morgan fingerprint density at radius 1 is 1.06 bits per heavy atom. The van der Waals surface area contributed by atoms with E-state index in [9.17, 15) is 9.59 Å². The lowest BCUT2D eigenvalue weighted by molar-refractivity contribution is -0.137. The molecule has 0 radical (unpaired) electrons. The first kappa shape index (κ1) is 13.8. The van der Waals surface area contributed by atoms with Crippen LogP contribution >= 0.6 is 0 Å². The van der Waals surface area contributed by atoms with Gasteiger partial charge >= 0.3 is 11.9 Å². The fraction of sp³-hybridized carbons (Fsp3) is 0.231. The molecule has 0 unspecified atom stereocenters. The van der Waals surface area contributed by atoms with Gasteiger partial charge in [0.25, 0.3) is 0 Å². The van der Waals surface area contributed by atoms with E-state index in [0.29, 0.717) is 11.3 Å². The third-order valence-corrected chi connectivity index (χ3v) is 1.96. The van der Waals surface area contributed by atoms with Crippen LogP contribution in [0.4, 0.5) is 0 Å². The summed E-state index contributed by atoms with van der Waals surface area (Å²) in [6.45, 7) is 2.53. The van der Waals surface area contributed by atoms with E-state index in [4.69, 9.17) is 14.2 Å². The van der Waals surface area contributed by atoms with Crippen molar-refractivity contribution in [2.45, 2.75) is 13.8 Å².